The number of aliphatic hydroxyl groups excluding tert-OH is 1. The largest absolute Gasteiger partial charge is 0.390 e. The van der Waals surface area contributed by atoms with Gasteiger partial charge in [0.05, 0.1) is 36.4 Å². The topological polar surface area (TPSA) is 58.4 Å². The molecule has 0 aromatic carbocycles. The summed E-state index contributed by atoms with van der Waals surface area (Å²) in [5.74, 6) is 0.0554. The zero-order valence-electron chi connectivity index (χ0n) is 10.5. The lowest BCUT2D eigenvalue weighted by molar-refractivity contribution is 0.0745. The van der Waals surface area contributed by atoms with Crippen LogP contribution < -0.4 is 0 Å². The summed E-state index contributed by atoms with van der Waals surface area (Å²) in [7, 11) is 0. The molecule has 1 N–H and O–H groups in total. The van der Waals surface area contributed by atoms with Gasteiger partial charge in [0.25, 0.3) is 5.91 Å². The summed E-state index contributed by atoms with van der Waals surface area (Å²) in [6.45, 7) is 2.02. The molecular formula is C13H15N3O2S. The normalized spacial score (nSPS) is 15.1. The number of aryl methyl sites for hydroxylation is 1. The average Bonchev–Trinajstić information content (AvgIpc) is 3.03. The molecule has 1 aliphatic rings. The van der Waals surface area contributed by atoms with Crippen molar-refractivity contribution in [3.8, 4) is 0 Å². The summed E-state index contributed by atoms with van der Waals surface area (Å²) in [6, 6.07) is 1.85. The van der Waals surface area contributed by atoms with E-state index in [0.29, 0.717) is 12.2 Å². The van der Waals surface area contributed by atoms with Crippen molar-refractivity contribution >= 4 is 17.2 Å². The zero-order chi connectivity index (χ0) is 13.2. The highest BCUT2D eigenvalue weighted by molar-refractivity contribution is 7.08. The maximum atomic E-state index is 12.4. The quantitative estimate of drug-likeness (QED) is 0.904. The Morgan fingerprint density at radius 2 is 2.37 bits per heavy atom. The van der Waals surface area contributed by atoms with Crippen LogP contribution in [0.3, 0.4) is 0 Å². The Kier molecular flexibility index (Phi) is 3.35. The van der Waals surface area contributed by atoms with Crippen LogP contribution in [-0.2, 0) is 19.7 Å². The molecule has 2 aromatic rings. The number of rotatable bonds is 2. The number of nitrogens with zero attached hydrogens (tertiary/aromatic N) is 3. The predicted molar refractivity (Wildman–Crippen MR) is 71.8 cm³/mol. The van der Waals surface area contributed by atoms with E-state index in [1.54, 1.807) is 6.33 Å². The van der Waals surface area contributed by atoms with Crippen molar-refractivity contribution in [2.45, 2.75) is 26.1 Å². The second-order valence-electron chi connectivity index (χ2n) is 4.58. The first kappa shape index (κ1) is 12.4. The van der Waals surface area contributed by atoms with Gasteiger partial charge in [0.1, 0.15) is 0 Å². The van der Waals surface area contributed by atoms with E-state index in [1.807, 2.05) is 26.3 Å². The minimum Gasteiger partial charge on any atom is -0.390 e. The fourth-order valence-corrected chi connectivity index (χ4v) is 3.02. The molecule has 0 unspecified atom stereocenters. The zero-order valence-corrected chi connectivity index (χ0v) is 11.3. The lowest BCUT2D eigenvalue weighted by Gasteiger charge is -2.19. The maximum absolute atomic E-state index is 12.4. The second kappa shape index (κ2) is 5.14. The molecular weight excluding hydrogens is 262 g/mol. The first-order chi connectivity index (χ1) is 9.29. The van der Waals surface area contributed by atoms with Gasteiger partial charge in [-0.2, -0.15) is 11.3 Å². The van der Waals surface area contributed by atoms with Crippen LogP contribution >= 0.6 is 11.3 Å². The molecule has 5 nitrogen and oxygen atoms in total. The van der Waals surface area contributed by atoms with Gasteiger partial charge >= 0.3 is 0 Å². The second-order valence-corrected chi connectivity index (χ2v) is 5.36. The molecule has 0 bridgehead atoms. The number of hydrogen-bond donors (Lipinski definition) is 1. The summed E-state index contributed by atoms with van der Waals surface area (Å²) in [5, 5.41) is 13.1. The predicted octanol–water partition coefficient (Wildman–Crippen LogP) is 1.48. The molecule has 0 spiro atoms. The Labute approximate surface area is 115 Å². The molecule has 3 heterocycles. The fraction of sp³-hybridized carbons (Fsp3) is 0.385. The van der Waals surface area contributed by atoms with Gasteiger partial charge in [-0.25, -0.2) is 4.98 Å². The number of carbonyl (C=O) groups is 1. The summed E-state index contributed by atoms with van der Waals surface area (Å²) >= 11 is 1.53. The fourth-order valence-electron chi connectivity index (χ4n) is 2.39. The van der Waals surface area contributed by atoms with Gasteiger partial charge in [-0.3, -0.25) is 4.79 Å². The molecule has 19 heavy (non-hydrogen) atoms. The number of hydrogen-bond acceptors (Lipinski definition) is 4. The highest BCUT2D eigenvalue weighted by Gasteiger charge is 2.22. The molecule has 0 aliphatic carbocycles. The highest BCUT2D eigenvalue weighted by atomic mass is 32.1. The van der Waals surface area contributed by atoms with Crippen molar-refractivity contribution in [2.75, 3.05) is 6.54 Å². The number of amides is 1. The van der Waals surface area contributed by atoms with Gasteiger partial charge in [-0.05, 0) is 17.9 Å². The minimum absolute atomic E-state index is 0.0554. The standard InChI is InChI=1S/C13H15N3O2S/c17-7-11-12-6-15(3-1-4-16(12)9-14-11)13(18)10-2-5-19-8-10/h2,5,8-9,17H,1,3-4,6-7H2. The molecule has 2 aromatic heterocycles. The van der Waals surface area contributed by atoms with Gasteiger partial charge in [0.15, 0.2) is 0 Å². The molecule has 6 heteroatoms. The molecule has 0 saturated heterocycles. The van der Waals surface area contributed by atoms with Gasteiger partial charge in [-0.15, -0.1) is 0 Å². The van der Waals surface area contributed by atoms with Gasteiger partial charge < -0.3 is 14.6 Å². The molecule has 1 amide bonds. The van der Waals surface area contributed by atoms with Gasteiger partial charge in [0, 0.05) is 18.5 Å². The third-order valence-electron chi connectivity index (χ3n) is 3.41. The van der Waals surface area contributed by atoms with E-state index in [2.05, 4.69) is 4.98 Å². The van der Waals surface area contributed by atoms with Crippen molar-refractivity contribution in [3.05, 3.63) is 40.1 Å². The van der Waals surface area contributed by atoms with Crippen LogP contribution in [0.1, 0.15) is 28.2 Å². The average molecular weight is 277 g/mol. The number of aliphatic hydroxyl groups is 1. The molecule has 0 saturated carbocycles. The Balaban J connectivity index is 1.87. The maximum Gasteiger partial charge on any atom is 0.255 e. The van der Waals surface area contributed by atoms with Gasteiger partial charge in [-0.1, -0.05) is 0 Å². The van der Waals surface area contributed by atoms with Crippen molar-refractivity contribution in [2.24, 2.45) is 0 Å². The third-order valence-corrected chi connectivity index (χ3v) is 4.09. The molecule has 3 rings (SSSR count). The van der Waals surface area contributed by atoms with E-state index in [1.165, 1.54) is 11.3 Å². The van der Waals surface area contributed by atoms with Crippen LogP contribution in [0, 0.1) is 0 Å². The van der Waals surface area contributed by atoms with Crippen LogP contribution in [0.25, 0.3) is 0 Å². The van der Waals surface area contributed by atoms with E-state index in [9.17, 15) is 9.90 Å². The van der Waals surface area contributed by atoms with E-state index >= 15 is 0 Å². The summed E-state index contributed by atoms with van der Waals surface area (Å²) in [4.78, 5) is 18.4. The third kappa shape index (κ3) is 2.29. The van der Waals surface area contributed by atoms with E-state index in [-0.39, 0.29) is 12.5 Å². The van der Waals surface area contributed by atoms with E-state index in [0.717, 1.165) is 30.8 Å². The van der Waals surface area contributed by atoms with Crippen molar-refractivity contribution in [1.82, 2.24) is 14.5 Å². The lowest BCUT2D eigenvalue weighted by atomic mass is 10.2. The summed E-state index contributed by atoms with van der Waals surface area (Å²) in [6.07, 6.45) is 2.66. The lowest BCUT2D eigenvalue weighted by Crippen LogP contribution is -2.30. The first-order valence-corrected chi connectivity index (χ1v) is 7.19. The number of carbonyl (C=O) groups excluding carboxylic acids is 1. The Morgan fingerprint density at radius 3 is 3.11 bits per heavy atom. The van der Waals surface area contributed by atoms with Crippen LogP contribution in [0.15, 0.2) is 23.2 Å². The number of thiophene rings is 1. The Morgan fingerprint density at radius 1 is 1.47 bits per heavy atom. The van der Waals surface area contributed by atoms with Crippen molar-refractivity contribution in [1.29, 1.82) is 0 Å². The summed E-state index contributed by atoms with van der Waals surface area (Å²) < 4.78 is 2.03. The van der Waals surface area contributed by atoms with Crippen LogP contribution in [0.5, 0.6) is 0 Å². The summed E-state index contributed by atoms with van der Waals surface area (Å²) in [5.41, 5.74) is 2.36. The van der Waals surface area contributed by atoms with Crippen LogP contribution in [0.4, 0.5) is 0 Å². The molecule has 0 atom stereocenters. The molecule has 0 radical (unpaired) electrons. The Hall–Kier alpha value is -1.66. The number of imidazole rings is 1. The monoisotopic (exact) mass is 277 g/mol. The van der Waals surface area contributed by atoms with E-state index < -0.39 is 0 Å². The van der Waals surface area contributed by atoms with Crippen molar-refractivity contribution < 1.29 is 9.90 Å². The number of fused-ring (bicyclic) bond motifs is 1. The minimum atomic E-state index is -0.0805. The first-order valence-electron chi connectivity index (χ1n) is 6.25. The Bertz CT molecular complexity index is 577. The van der Waals surface area contributed by atoms with Crippen LogP contribution in [0.2, 0.25) is 0 Å². The molecule has 0 fully saturated rings. The van der Waals surface area contributed by atoms with E-state index in [4.69, 9.17) is 0 Å². The van der Waals surface area contributed by atoms with Crippen molar-refractivity contribution in [3.63, 3.8) is 0 Å². The van der Waals surface area contributed by atoms with Gasteiger partial charge in [0.2, 0.25) is 0 Å². The smallest absolute Gasteiger partial charge is 0.255 e. The molecule has 1 aliphatic heterocycles. The molecule has 100 valence electrons. The van der Waals surface area contributed by atoms with Crippen LogP contribution in [-0.4, -0.2) is 32.0 Å². The SMILES string of the molecule is O=C(c1ccsc1)N1CCCn2cnc(CO)c2C1. The highest BCUT2D eigenvalue weighted by Crippen LogP contribution is 2.19. The number of aromatic nitrogens is 2.